The summed E-state index contributed by atoms with van der Waals surface area (Å²) < 4.78 is 51.6. The summed E-state index contributed by atoms with van der Waals surface area (Å²) in [4.78, 5) is 21.8. The van der Waals surface area contributed by atoms with Crippen LogP contribution in [0.4, 0.5) is 13.2 Å². The number of esters is 2. The lowest BCUT2D eigenvalue weighted by molar-refractivity contribution is -0.201. The van der Waals surface area contributed by atoms with Gasteiger partial charge >= 0.3 is 18.1 Å². The number of halogens is 3. The molecule has 0 saturated heterocycles. The molecule has 0 bridgehead atoms. The minimum absolute atomic E-state index is 0.126. The lowest BCUT2D eigenvalue weighted by atomic mass is 10.1. The summed E-state index contributed by atoms with van der Waals surface area (Å²) in [6, 6.07) is 25.5. The number of alkyl halides is 3. The van der Waals surface area contributed by atoms with E-state index in [0.717, 1.165) is 48.5 Å². The quantitative estimate of drug-likeness (QED) is 0.156. The SMILES string of the molecule is O=C(CCNCCCc1ccc(OCCCc2cccc(Oc3ccccc3)c2)cc1)OC(=O)C(F)(F)F. The lowest BCUT2D eigenvalue weighted by Gasteiger charge is -2.09. The van der Waals surface area contributed by atoms with Gasteiger partial charge in [-0.2, -0.15) is 13.2 Å². The van der Waals surface area contributed by atoms with Gasteiger partial charge in [-0.25, -0.2) is 4.79 Å². The van der Waals surface area contributed by atoms with Crippen molar-refractivity contribution < 1.29 is 37.0 Å². The van der Waals surface area contributed by atoms with E-state index in [1.807, 2.05) is 72.8 Å². The van der Waals surface area contributed by atoms with Crippen molar-refractivity contribution in [1.29, 1.82) is 0 Å². The maximum atomic E-state index is 12.0. The number of rotatable bonds is 14. The maximum absolute atomic E-state index is 12.0. The number of ether oxygens (including phenoxy) is 3. The predicted octanol–water partition coefficient (Wildman–Crippen LogP) is 6.03. The molecule has 0 heterocycles. The third-order valence-corrected chi connectivity index (χ3v) is 5.44. The molecule has 202 valence electrons. The van der Waals surface area contributed by atoms with Crippen molar-refractivity contribution in [1.82, 2.24) is 5.32 Å². The van der Waals surface area contributed by atoms with E-state index in [1.54, 1.807) is 0 Å². The van der Waals surface area contributed by atoms with Gasteiger partial charge in [0.2, 0.25) is 0 Å². The van der Waals surface area contributed by atoms with Gasteiger partial charge in [0, 0.05) is 6.54 Å². The standard InChI is InChI=1S/C29H30F3NO5/c30-29(31,32)28(35)38-27(34)17-19-33-18-5-8-22-13-15-24(16-14-22)36-20-6-9-23-7-4-12-26(21-23)37-25-10-2-1-3-11-25/h1-4,7,10-16,21,33H,5-6,8-9,17-20H2. The molecule has 0 aliphatic carbocycles. The Bertz CT molecular complexity index is 1150. The number of benzene rings is 3. The Balaban J connectivity index is 1.26. The molecule has 3 aromatic rings. The fraction of sp³-hybridized carbons (Fsp3) is 0.310. The van der Waals surface area contributed by atoms with Crippen LogP contribution >= 0.6 is 0 Å². The van der Waals surface area contributed by atoms with Gasteiger partial charge in [-0.15, -0.1) is 0 Å². The van der Waals surface area contributed by atoms with Crippen molar-refractivity contribution >= 4 is 11.9 Å². The van der Waals surface area contributed by atoms with Crippen LogP contribution in [0.2, 0.25) is 0 Å². The zero-order chi connectivity index (χ0) is 27.2. The van der Waals surface area contributed by atoms with Gasteiger partial charge < -0.3 is 19.5 Å². The van der Waals surface area contributed by atoms with E-state index >= 15 is 0 Å². The number of hydrogen-bond donors (Lipinski definition) is 1. The Labute approximate surface area is 219 Å². The number of aryl methyl sites for hydroxylation is 2. The second kappa shape index (κ2) is 14.8. The van der Waals surface area contributed by atoms with Gasteiger partial charge in [0.1, 0.15) is 17.2 Å². The van der Waals surface area contributed by atoms with E-state index in [1.165, 1.54) is 5.56 Å². The third kappa shape index (κ3) is 10.6. The lowest BCUT2D eigenvalue weighted by Crippen LogP contribution is -2.29. The first kappa shape index (κ1) is 28.7. The van der Waals surface area contributed by atoms with E-state index < -0.39 is 18.1 Å². The molecule has 3 aromatic carbocycles. The molecule has 1 N–H and O–H groups in total. The molecule has 6 nitrogen and oxygen atoms in total. The largest absolute Gasteiger partial charge is 0.494 e. The summed E-state index contributed by atoms with van der Waals surface area (Å²) in [5.41, 5.74) is 2.29. The normalized spacial score (nSPS) is 11.1. The number of carbonyl (C=O) groups excluding carboxylic acids is 2. The fourth-order valence-electron chi connectivity index (χ4n) is 3.55. The van der Waals surface area contributed by atoms with Crippen LogP contribution in [-0.2, 0) is 27.2 Å². The van der Waals surface area contributed by atoms with Crippen LogP contribution in [0.15, 0.2) is 78.9 Å². The van der Waals surface area contributed by atoms with Crippen molar-refractivity contribution in [3.05, 3.63) is 90.0 Å². The van der Waals surface area contributed by atoms with Crippen LogP contribution in [0.1, 0.15) is 30.4 Å². The van der Waals surface area contributed by atoms with Gasteiger partial charge in [-0.3, -0.25) is 4.79 Å². The molecule has 3 rings (SSSR count). The van der Waals surface area contributed by atoms with Crippen molar-refractivity contribution in [3.8, 4) is 17.2 Å². The number of hydrogen-bond acceptors (Lipinski definition) is 6. The summed E-state index contributed by atoms with van der Waals surface area (Å²) in [5, 5.41) is 2.95. The molecule has 0 atom stereocenters. The van der Waals surface area contributed by atoms with Crippen LogP contribution < -0.4 is 14.8 Å². The van der Waals surface area contributed by atoms with Crippen molar-refractivity contribution in [3.63, 3.8) is 0 Å². The van der Waals surface area contributed by atoms with Gasteiger partial charge in [-0.1, -0.05) is 42.5 Å². The minimum atomic E-state index is -5.17. The average Bonchev–Trinajstić information content (AvgIpc) is 2.89. The van der Waals surface area contributed by atoms with E-state index in [9.17, 15) is 22.8 Å². The van der Waals surface area contributed by atoms with Crippen molar-refractivity contribution in [2.75, 3.05) is 19.7 Å². The highest BCUT2D eigenvalue weighted by atomic mass is 19.4. The second-order valence-corrected chi connectivity index (χ2v) is 8.52. The van der Waals surface area contributed by atoms with E-state index in [4.69, 9.17) is 9.47 Å². The first-order valence-electron chi connectivity index (χ1n) is 12.4. The van der Waals surface area contributed by atoms with Crippen LogP contribution in [0.5, 0.6) is 17.2 Å². The van der Waals surface area contributed by atoms with Gasteiger partial charge in [0.15, 0.2) is 0 Å². The predicted molar refractivity (Wildman–Crippen MR) is 136 cm³/mol. The maximum Gasteiger partial charge on any atom is 0.491 e. The summed E-state index contributed by atoms with van der Waals surface area (Å²) in [7, 11) is 0. The minimum Gasteiger partial charge on any atom is -0.494 e. The molecule has 0 saturated carbocycles. The molecule has 38 heavy (non-hydrogen) atoms. The van der Waals surface area contributed by atoms with Crippen molar-refractivity contribution in [2.45, 2.75) is 38.3 Å². The van der Waals surface area contributed by atoms with Crippen LogP contribution in [0, 0.1) is 0 Å². The van der Waals surface area contributed by atoms with Gasteiger partial charge in [0.05, 0.1) is 13.0 Å². The Hall–Kier alpha value is -3.85. The fourth-order valence-corrected chi connectivity index (χ4v) is 3.55. The molecular formula is C29H30F3NO5. The molecule has 9 heteroatoms. The summed E-state index contributed by atoms with van der Waals surface area (Å²) in [5.74, 6) is -1.30. The smallest absolute Gasteiger partial charge is 0.491 e. The average molecular weight is 530 g/mol. The molecule has 0 aromatic heterocycles. The zero-order valence-corrected chi connectivity index (χ0v) is 20.8. The topological polar surface area (TPSA) is 73.9 Å². The zero-order valence-electron chi connectivity index (χ0n) is 20.8. The molecule has 0 amide bonds. The van der Waals surface area contributed by atoms with Gasteiger partial charge in [-0.05, 0) is 79.8 Å². The van der Waals surface area contributed by atoms with Gasteiger partial charge in [0.25, 0.3) is 0 Å². The van der Waals surface area contributed by atoms with Crippen LogP contribution in [0.25, 0.3) is 0 Å². The molecule has 0 spiro atoms. The van der Waals surface area contributed by atoms with E-state index in [0.29, 0.717) is 13.2 Å². The highest BCUT2D eigenvalue weighted by molar-refractivity contribution is 5.88. The molecule has 0 aliphatic rings. The van der Waals surface area contributed by atoms with E-state index in [2.05, 4.69) is 16.1 Å². The Morgan fingerprint density at radius 2 is 1.45 bits per heavy atom. The first-order valence-corrected chi connectivity index (χ1v) is 12.4. The molecule has 0 radical (unpaired) electrons. The highest BCUT2D eigenvalue weighted by Crippen LogP contribution is 2.22. The number of carbonyl (C=O) groups is 2. The third-order valence-electron chi connectivity index (χ3n) is 5.44. The number of para-hydroxylation sites is 1. The van der Waals surface area contributed by atoms with Crippen LogP contribution in [0.3, 0.4) is 0 Å². The molecule has 0 unspecified atom stereocenters. The number of nitrogens with one attached hydrogen (secondary N) is 1. The molecular weight excluding hydrogens is 499 g/mol. The summed E-state index contributed by atoms with van der Waals surface area (Å²) in [6.07, 6.45) is -2.21. The molecule has 0 aliphatic heterocycles. The Morgan fingerprint density at radius 3 is 2.18 bits per heavy atom. The summed E-state index contributed by atoms with van der Waals surface area (Å²) >= 11 is 0. The van der Waals surface area contributed by atoms with Crippen molar-refractivity contribution in [2.24, 2.45) is 0 Å². The Kier molecular flexibility index (Phi) is 11.2. The Morgan fingerprint density at radius 1 is 0.737 bits per heavy atom. The highest BCUT2D eigenvalue weighted by Gasteiger charge is 2.42. The summed E-state index contributed by atoms with van der Waals surface area (Å²) in [6.45, 7) is 1.28. The molecule has 0 fully saturated rings. The van der Waals surface area contributed by atoms with Crippen LogP contribution in [-0.4, -0.2) is 37.8 Å². The monoisotopic (exact) mass is 529 g/mol. The van der Waals surface area contributed by atoms with E-state index in [-0.39, 0.29) is 13.0 Å². The first-order chi connectivity index (χ1) is 18.3. The second-order valence-electron chi connectivity index (χ2n) is 8.52.